The van der Waals surface area contributed by atoms with Crippen molar-refractivity contribution in [1.29, 1.82) is 0 Å². The van der Waals surface area contributed by atoms with Crippen LogP contribution >= 0.6 is 12.2 Å². The van der Waals surface area contributed by atoms with Gasteiger partial charge in [0.25, 0.3) is 5.91 Å². The molecule has 0 heterocycles. The summed E-state index contributed by atoms with van der Waals surface area (Å²) in [5, 5.41) is 1.03. The average Bonchev–Trinajstić information content (AvgIpc) is 2.44. The van der Waals surface area contributed by atoms with E-state index in [9.17, 15) is 9.18 Å². The van der Waals surface area contributed by atoms with Gasteiger partial charge in [-0.25, -0.2) is 4.39 Å². The van der Waals surface area contributed by atoms with Crippen molar-refractivity contribution in [2.75, 3.05) is 13.1 Å². The van der Waals surface area contributed by atoms with Crippen molar-refractivity contribution in [1.82, 2.24) is 4.90 Å². The molecule has 0 spiro atoms. The first-order chi connectivity index (χ1) is 9.54. The maximum Gasteiger partial charge on any atom is 0.254 e. The molecule has 2 aromatic rings. The van der Waals surface area contributed by atoms with Crippen molar-refractivity contribution in [3.8, 4) is 0 Å². The summed E-state index contributed by atoms with van der Waals surface area (Å²) in [6.07, 6.45) is 0. The van der Waals surface area contributed by atoms with Gasteiger partial charge in [-0.05, 0) is 24.4 Å². The van der Waals surface area contributed by atoms with Crippen LogP contribution in [0.25, 0.3) is 10.8 Å². The number of fused-ring (bicyclic) bond motifs is 1. The summed E-state index contributed by atoms with van der Waals surface area (Å²) in [5.74, 6) is -0.536. The van der Waals surface area contributed by atoms with Crippen molar-refractivity contribution >= 4 is 33.9 Å². The summed E-state index contributed by atoms with van der Waals surface area (Å²) in [6.45, 7) is 2.56. The molecule has 20 heavy (non-hydrogen) atoms. The molecule has 0 saturated carbocycles. The fourth-order valence-electron chi connectivity index (χ4n) is 2.13. The molecular weight excluding hydrogens is 275 g/mol. The average molecular weight is 290 g/mol. The van der Waals surface area contributed by atoms with E-state index < -0.39 is 0 Å². The molecule has 0 bridgehead atoms. The van der Waals surface area contributed by atoms with Crippen LogP contribution in [0.2, 0.25) is 0 Å². The van der Waals surface area contributed by atoms with Crippen molar-refractivity contribution in [2.45, 2.75) is 6.92 Å². The third-order valence-corrected chi connectivity index (χ3v) is 3.25. The SMILES string of the molecule is CCN(CC(N)=S)C(=O)c1ccc(F)c2ccccc12. The van der Waals surface area contributed by atoms with Crippen LogP contribution in [0.4, 0.5) is 4.39 Å². The van der Waals surface area contributed by atoms with Crippen LogP contribution in [0.1, 0.15) is 17.3 Å². The molecule has 104 valence electrons. The zero-order valence-electron chi connectivity index (χ0n) is 11.1. The number of halogens is 1. The summed E-state index contributed by atoms with van der Waals surface area (Å²) in [7, 11) is 0. The van der Waals surface area contributed by atoms with Gasteiger partial charge in [0.05, 0.1) is 11.5 Å². The number of hydrogen-bond donors (Lipinski definition) is 1. The summed E-state index contributed by atoms with van der Waals surface area (Å²) >= 11 is 4.85. The quantitative estimate of drug-likeness (QED) is 0.881. The first-order valence-corrected chi connectivity index (χ1v) is 6.70. The van der Waals surface area contributed by atoms with Crippen molar-refractivity contribution in [2.24, 2.45) is 5.73 Å². The molecule has 0 aromatic heterocycles. The topological polar surface area (TPSA) is 46.3 Å². The number of carbonyl (C=O) groups excluding carboxylic acids is 1. The maximum absolute atomic E-state index is 13.8. The van der Waals surface area contributed by atoms with Crippen LogP contribution < -0.4 is 5.73 Å². The van der Waals surface area contributed by atoms with Crippen molar-refractivity contribution in [3.05, 3.63) is 47.8 Å². The lowest BCUT2D eigenvalue weighted by atomic mass is 10.0. The van der Waals surface area contributed by atoms with E-state index in [-0.39, 0.29) is 23.3 Å². The number of rotatable bonds is 4. The van der Waals surface area contributed by atoms with Crippen LogP contribution in [0, 0.1) is 5.82 Å². The molecule has 0 aliphatic heterocycles. The number of likely N-dealkylation sites (N-methyl/N-ethyl adjacent to an activating group) is 1. The lowest BCUT2D eigenvalue weighted by molar-refractivity contribution is 0.0790. The highest BCUT2D eigenvalue weighted by atomic mass is 32.1. The molecule has 3 nitrogen and oxygen atoms in total. The number of hydrogen-bond acceptors (Lipinski definition) is 2. The van der Waals surface area contributed by atoms with Crippen molar-refractivity contribution in [3.63, 3.8) is 0 Å². The molecule has 0 fully saturated rings. The molecule has 2 N–H and O–H groups in total. The Labute approximate surface area is 122 Å². The van der Waals surface area contributed by atoms with E-state index >= 15 is 0 Å². The monoisotopic (exact) mass is 290 g/mol. The minimum atomic E-state index is -0.338. The fourth-order valence-corrected chi connectivity index (χ4v) is 2.29. The highest BCUT2D eigenvalue weighted by Crippen LogP contribution is 2.23. The predicted octanol–water partition coefficient (Wildman–Crippen LogP) is 2.73. The summed E-state index contributed by atoms with van der Waals surface area (Å²) in [5.41, 5.74) is 5.96. The van der Waals surface area contributed by atoms with E-state index in [1.54, 1.807) is 29.2 Å². The summed E-state index contributed by atoms with van der Waals surface area (Å²) in [6, 6.07) is 9.73. The minimum Gasteiger partial charge on any atom is -0.392 e. The highest BCUT2D eigenvalue weighted by Gasteiger charge is 2.18. The van der Waals surface area contributed by atoms with Crippen LogP contribution in [0.5, 0.6) is 0 Å². The molecular formula is C15H15FN2OS. The van der Waals surface area contributed by atoms with Gasteiger partial charge in [0.2, 0.25) is 0 Å². The highest BCUT2D eigenvalue weighted by molar-refractivity contribution is 7.80. The first kappa shape index (κ1) is 14.4. The maximum atomic E-state index is 13.8. The van der Waals surface area contributed by atoms with Crippen LogP contribution in [-0.4, -0.2) is 28.9 Å². The second kappa shape index (κ2) is 5.96. The second-order valence-electron chi connectivity index (χ2n) is 4.43. The minimum absolute atomic E-state index is 0.198. The largest absolute Gasteiger partial charge is 0.392 e. The van der Waals surface area contributed by atoms with Gasteiger partial charge < -0.3 is 10.6 Å². The number of nitrogens with two attached hydrogens (primary N) is 1. The first-order valence-electron chi connectivity index (χ1n) is 6.29. The Morgan fingerprint density at radius 2 is 1.90 bits per heavy atom. The van der Waals surface area contributed by atoms with Gasteiger partial charge in [-0.2, -0.15) is 0 Å². The predicted molar refractivity (Wildman–Crippen MR) is 82.3 cm³/mol. The Morgan fingerprint density at radius 3 is 2.50 bits per heavy atom. The van der Waals surface area contributed by atoms with E-state index in [0.717, 1.165) is 0 Å². The van der Waals surface area contributed by atoms with E-state index in [0.29, 0.717) is 22.9 Å². The van der Waals surface area contributed by atoms with Gasteiger partial charge in [0, 0.05) is 17.5 Å². The molecule has 1 amide bonds. The summed E-state index contributed by atoms with van der Waals surface area (Å²) < 4.78 is 13.8. The molecule has 2 aromatic carbocycles. The van der Waals surface area contributed by atoms with Gasteiger partial charge in [-0.15, -0.1) is 0 Å². The molecule has 0 unspecified atom stereocenters. The molecule has 2 rings (SSSR count). The van der Waals surface area contributed by atoms with Gasteiger partial charge in [-0.3, -0.25) is 4.79 Å². The fraction of sp³-hybridized carbons (Fsp3) is 0.200. The Balaban J connectivity index is 2.49. The van der Waals surface area contributed by atoms with E-state index in [2.05, 4.69) is 0 Å². The Hall–Kier alpha value is -2.01. The molecule has 0 atom stereocenters. The molecule has 0 saturated heterocycles. The van der Waals surface area contributed by atoms with Gasteiger partial charge >= 0.3 is 0 Å². The van der Waals surface area contributed by atoms with E-state index in [1.807, 2.05) is 6.92 Å². The smallest absolute Gasteiger partial charge is 0.254 e. The second-order valence-corrected chi connectivity index (χ2v) is 4.95. The third kappa shape index (κ3) is 2.77. The third-order valence-electron chi connectivity index (χ3n) is 3.12. The van der Waals surface area contributed by atoms with Crippen LogP contribution in [0.3, 0.4) is 0 Å². The Morgan fingerprint density at radius 1 is 1.25 bits per heavy atom. The molecule has 0 radical (unpaired) electrons. The van der Waals surface area contributed by atoms with Gasteiger partial charge in [-0.1, -0.05) is 36.5 Å². The molecule has 5 heteroatoms. The van der Waals surface area contributed by atoms with Gasteiger partial charge in [0.1, 0.15) is 5.82 Å². The van der Waals surface area contributed by atoms with E-state index in [4.69, 9.17) is 18.0 Å². The normalized spacial score (nSPS) is 10.5. The summed E-state index contributed by atoms with van der Waals surface area (Å²) in [4.78, 5) is 14.3. The van der Waals surface area contributed by atoms with Crippen molar-refractivity contribution < 1.29 is 9.18 Å². The lowest BCUT2D eigenvalue weighted by Crippen LogP contribution is -2.37. The number of benzene rings is 2. The lowest BCUT2D eigenvalue weighted by Gasteiger charge is -2.21. The molecule has 0 aliphatic carbocycles. The molecule has 0 aliphatic rings. The number of carbonyl (C=O) groups is 1. The van der Waals surface area contributed by atoms with E-state index in [1.165, 1.54) is 12.1 Å². The number of amides is 1. The van der Waals surface area contributed by atoms with Crippen LogP contribution in [-0.2, 0) is 0 Å². The Kier molecular flexibility index (Phi) is 4.29. The van der Waals surface area contributed by atoms with Crippen LogP contribution in [0.15, 0.2) is 36.4 Å². The number of thiocarbonyl (C=S) groups is 1. The standard InChI is InChI=1S/C15H15FN2OS/c1-2-18(9-14(17)20)15(19)12-7-8-13(16)11-6-4-3-5-10(11)12/h3-8H,2,9H2,1H3,(H2,17,20). The number of nitrogens with zero attached hydrogens (tertiary/aromatic N) is 1. The zero-order chi connectivity index (χ0) is 14.7. The van der Waals surface area contributed by atoms with Gasteiger partial charge in [0.15, 0.2) is 0 Å². The zero-order valence-corrected chi connectivity index (χ0v) is 11.9. The Bertz CT molecular complexity index is 672.